The molecule has 1 aliphatic carbocycles. The van der Waals surface area contributed by atoms with Crippen LogP contribution >= 0.6 is 0 Å². The molecular weight excluding hydrogens is 378 g/mol. The first-order chi connectivity index (χ1) is 14.6. The quantitative estimate of drug-likeness (QED) is 0.725. The molecule has 5 heteroatoms. The molecule has 0 bridgehead atoms. The van der Waals surface area contributed by atoms with Crippen molar-refractivity contribution < 1.29 is 19.4 Å². The number of carboxylic acids is 1. The van der Waals surface area contributed by atoms with Crippen molar-refractivity contribution in [3.05, 3.63) is 88.5 Å². The molecule has 0 radical (unpaired) electrons. The third-order valence-electron chi connectivity index (χ3n) is 6.42. The number of hydrogen-bond donors (Lipinski definition) is 1. The van der Waals surface area contributed by atoms with Crippen molar-refractivity contribution in [1.82, 2.24) is 0 Å². The van der Waals surface area contributed by atoms with E-state index >= 15 is 0 Å². The fraction of sp³-hybridized carbons (Fsp3) is 0.240. The molecule has 3 aromatic carbocycles. The standard InChI is InChI=1S/C25H23NO4/c1-29-20-12-6-10-17(24(20)30-2)23-19-13-14-7-3-4-8-15(14)21(19)16-9-5-11-18(25(27)28)22(16)26-23/h3-12,19,21,23,26H,13H2,1-2H3,(H,27,28)/p-1/t19-,21+,23+/m0/s1. The first kappa shape index (κ1) is 18.6. The van der Waals surface area contributed by atoms with Crippen molar-refractivity contribution in [1.29, 1.82) is 0 Å². The van der Waals surface area contributed by atoms with E-state index < -0.39 is 5.97 Å². The lowest BCUT2D eigenvalue weighted by atomic mass is 9.74. The van der Waals surface area contributed by atoms with Gasteiger partial charge in [0.05, 0.1) is 26.2 Å². The number of benzene rings is 3. The minimum atomic E-state index is -1.18. The van der Waals surface area contributed by atoms with E-state index in [1.165, 1.54) is 11.1 Å². The summed E-state index contributed by atoms with van der Waals surface area (Å²) in [5.74, 6) is 0.454. The number of methoxy groups -OCH3 is 2. The molecule has 3 aromatic rings. The summed E-state index contributed by atoms with van der Waals surface area (Å²) in [5.41, 5.74) is 5.33. The van der Waals surface area contributed by atoms with Gasteiger partial charge in [-0.25, -0.2) is 0 Å². The molecule has 5 rings (SSSR count). The Bertz CT molecular complexity index is 1140. The first-order valence-electron chi connectivity index (χ1n) is 10.0. The molecule has 30 heavy (non-hydrogen) atoms. The minimum Gasteiger partial charge on any atom is -0.545 e. The van der Waals surface area contributed by atoms with Crippen LogP contribution in [0.25, 0.3) is 0 Å². The minimum absolute atomic E-state index is 0.0951. The lowest BCUT2D eigenvalue weighted by Gasteiger charge is -2.39. The number of aromatic carboxylic acids is 1. The Hall–Kier alpha value is -3.47. The number of nitrogens with one attached hydrogen (secondary N) is 1. The van der Waals surface area contributed by atoms with E-state index in [-0.39, 0.29) is 23.4 Å². The number of rotatable bonds is 4. The number of fused-ring (bicyclic) bond motifs is 5. The lowest BCUT2D eigenvalue weighted by molar-refractivity contribution is -0.254. The van der Waals surface area contributed by atoms with Gasteiger partial charge in [0.25, 0.3) is 0 Å². The molecule has 5 nitrogen and oxygen atoms in total. The second-order valence-corrected chi connectivity index (χ2v) is 7.81. The van der Waals surface area contributed by atoms with Crippen molar-refractivity contribution in [3.63, 3.8) is 0 Å². The Morgan fingerprint density at radius 1 is 0.933 bits per heavy atom. The van der Waals surface area contributed by atoms with Crippen molar-refractivity contribution >= 4 is 11.7 Å². The number of anilines is 1. The number of hydrogen-bond acceptors (Lipinski definition) is 5. The summed E-state index contributed by atoms with van der Waals surface area (Å²) in [6.45, 7) is 0. The van der Waals surface area contributed by atoms with E-state index in [1.807, 2.05) is 30.3 Å². The van der Waals surface area contributed by atoms with Crippen LogP contribution in [0, 0.1) is 5.92 Å². The number of para-hydroxylation sites is 2. The predicted octanol–water partition coefficient (Wildman–Crippen LogP) is 3.54. The molecule has 1 aliphatic heterocycles. The van der Waals surface area contributed by atoms with Gasteiger partial charge in [-0.1, -0.05) is 54.6 Å². The van der Waals surface area contributed by atoms with Crippen LogP contribution in [0.4, 0.5) is 5.69 Å². The molecule has 0 saturated heterocycles. The second kappa shape index (κ2) is 7.10. The zero-order valence-electron chi connectivity index (χ0n) is 16.8. The Morgan fingerprint density at radius 2 is 1.67 bits per heavy atom. The Balaban J connectivity index is 1.74. The third kappa shape index (κ3) is 2.65. The van der Waals surface area contributed by atoms with E-state index in [1.54, 1.807) is 26.4 Å². The van der Waals surface area contributed by atoms with Gasteiger partial charge in [-0.2, -0.15) is 0 Å². The highest BCUT2D eigenvalue weighted by molar-refractivity contribution is 5.94. The molecule has 0 fully saturated rings. The van der Waals surface area contributed by atoms with Crippen LogP contribution in [0.3, 0.4) is 0 Å². The molecule has 152 valence electrons. The summed E-state index contributed by atoms with van der Waals surface area (Å²) in [7, 11) is 3.25. The van der Waals surface area contributed by atoms with Gasteiger partial charge in [-0.15, -0.1) is 0 Å². The van der Waals surface area contributed by atoms with E-state index in [4.69, 9.17) is 9.47 Å². The third-order valence-corrected chi connectivity index (χ3v) is 6.42. The highest BCUT2D eigenvalue weighted by atomic mass is 16.5. The largest absolute Gasteiger partial charge is 0.545 e. The SMILES string of the molecule is COc1cccc([C@H]2Nc3c(C(=O)[O-])cccc3[C@H]3c4ccccc4C[C@@H]32)c1OC. The average molecular weight is 400 g/mol. The maximum Gasteiger partial charge on any atom is 0.165 e. The van der Waals surface area contributed by atoms with Crippen LogP contribution in [-0.2, 0) is 6.42 Å². The van der Waals surface area contributed by atoms with Crippen LogP contribution in [0.15, 0.2) is 60.7 Å². The van der Waals surface area contributed by atoms with Gasteiger partial charge in [0, 0.05) is 22.7 Å². The topological polar surface area (TPSA) is 70.6 Å². The van der Waals surface area contributed by atoms with Gasteiger partial charge >= 0.3 is 0 Å². The monoisotopic (exact) mass is 400 g/mol. The van der Waals surface area contributed by atoms with Crippen LogP contribution in [0.5, 0.6) is 11.5 Å². The Labute approximate surface area is 175 Å². The summed E-state index contributed by atoms with van der Waals surface area (Å²) in [5, 5.41) is 15.4. The number of carbonyl (C=O) groups excluding carboxylic acids is 1. The number of carboxylic acid groups (broad SMARTS) is 1. The van der Waals surface area contributed by atoms with Gasteiger partial charge in [-0.05, 0) is 35.1 Å². The van der Waals surface area contributed by atoms with E-state index in [9.17, 15) is 9.90 Å². The van der Waals surface area contributed by atoms with Gasteiger partial charge in [0.2, 0.25) is 0 Å². The zero-order valence-corrected chi connectivity index (χ0v) is 16.8. The molecule has 2 aliphatic rings. The first-order valence-corrected chi connectivity index (χ1v) is 10.0. The predicted molar refractivity (Wildman–Crippen MR) is 112 cm³/mol. The molecule has 1 N–H and O–H groups in total. The summed E-state index contributed by atoms with van der Waals surface area (Å²) in [6.07, 6.45) is 0.897. The molecule has 0 saturated carbocycles. The fourth-order valence-corrected chi connectivity index (χ4v) is 5.22. The van der Waals surface area contributed by atoms with E-state index in [0.29, 0.717) is 17.2 Å². The van der Waals surface area contributed by atoms with Crippen molar-refractivity contribution in [3.8, 4) is 11.5 Å². The molecule has 3 atom stereocenters. The highest BCUT2D eigenvalue weighted by Crippen LogP contribution is 2.55. The molecule has 0 spiro atoms. The van der Waals surface area contributed by atoms with Crippen LogP contribution < -0.4 is 19.9 Å². The normalized spacial score (nSPS) is 21.1. The molecule has 0 aromatic heterocycles. The van der Waals surface area contributed by atoms with E-state index in [0.717, 1.165) is 17.5 Å². The lowest BCUT2D eigenvalue weighted by Crippen LogP contribution is -2.33. The maximum absolute atomic E-state index is 11.9. The maximum atomic E-state index is 11.9. The van der Waals surface area contributed by atoms with Crippen LogP contribution in [0.1, 0.15) is 44.6 Å². The van der Waals surface area contributed by atoms with E-state index in [2.05, 4.69) is 23.5 Å². The molecule has 0 unspecified atom stereocenters. The summed E-state index contributed by atoms with van der Waals surface area (Å²) >= 11 is 0. The van der Waals surface area contributed by atoms with Gasteiger partial charge < -0.3 is 24.7 Å². The van der Waals surface area contributed by atoms with Crippen molar-refractivity contribution in [2.75, 3.05) is 19.5 Å². The molecule has 1 heterocycles. The van der Waals surface area contributed by atoms with Crippen molar-refractivity contribution in [2.45, 2.75) is 18.4 Å². The Kier molecular flexibility index (Phi) is 4.39. The fourth-order valence-electron chi connectivity index (χ4n) is 5.22. The average Bonchev–Trinajstić information content (AvgIpc) is 3.17. The van der Waals surface area contributed by atoms with Gasteiger partial charge in [-0.3, -0.25) is 0 Å². The summed E-state index contributed by atoms with van der Waals surface area (Å²) in [6, 6.07) is 19.5. The van der Waals surface area contributed by atoms with Crippen LogP contribution in [0.2, 0.25) is 0 Å². The van der Waals surface area contributed by atoms with Gasteiger partial charge in [0.15, 0.2) is 11.5 Å². The zero-order chi connectivity index (χ0) is 20.8. The molecular formula is C25H22NO4-. The Morgan fingerprint density at radius 3 is 2.43 bits per heavy atom. The smallest absolute Gasteiger partial charge is 0.165 e. The summed E-state index contributed by atoms with van der Waals surface area (Å²) < 4.78 is 11.2. The summed E-state index contributed by atoms with van der Waals surface area (Å²) in [4.78, 5) is 11.9. The van der Waals surface area contributed by atoms with Crippen molar-refractivity contribution in [2.24, 2.45) is 5.92 Å². The van der Waals surface area contributed by atoms with Gasteiger partial charge in [0.1, 0.15) is 0 Å². The molecule has 0 amide bonds. The highest BCUT2D eigenvalue weighted by Gasteiger charge is 2.44. The van der Waals surface area contributed by atoms with Crippen LogP contribution in [-0.4, -0.2) is 20.2 Å². The number of carbonyl (C=O) groups is 1. The second-order valence-electron chi connectivity index (χ2n) is 7.81. The number of ether oxygens (including phenoxy) is 2.